The van der Waals surface area contributed by atoms with Crippen LogP contribution in [0.4, 0.5) is 0 Å². The molecule has 1 rings (SSSR count). The fourth-order valence-electron chi connectivity index (χ4n) is 1.27. The monoisotopic (exact) mass is 231 g/mol. The number of unbranched alkanes of at least 4 members (excludes halogenated alkanes) is 1. The van der Waals surface area contributed by atoms with Crippen molar-refractivity contribution in [2.75, 3.05) is 6.61 Å². The van der Waals surface area contributed by atoms with Crippen LogP contribution in [0.25, 0.3) is 0 Å². The zero-order valence-electron chi connectivity index (χ0n) is 9.32. The lowest BCUT2D eigenvalue weighted by atomic mass is 10.3. The molecule has 0 unspecified atom stereocenters. The normalized spacial score (nSPS) is 11.2. The number of alkyl halides is 1. The third kappa shape index (κ3) is 4.62. The van der Waals surface area contributed by atoms with Crippen LogP contribution in [0.2, 0.25) is 0 Å². The number of ether oxygens (including phenoxy) is 1. The zero-order valence-corrected chi connectivity index (χ0v) is 10.1. The van der Waals surface area contributed by atoms with Crippen LogP contribution in [0.15, 0.2) is 6.33 Å². The van der Waals surface area contributed by atoms with Gasteiger partial charge >= 0.3 is 0 Å². The van der Waals surface area contributed by atoms with E-state index in [-0.39, 0.29) is 0 Å². The number of aryl methyl sites for hydroxylation is 1. The summed E-state index contributed by atoms with van der Waals surface area (Å²) in [4.78, 5) is 0. The van der Waals surface area contributed by atoms with E-state index in [1.807, 2.05) is 18.4 Å². The van der Waals surface area contributed by atoms with Crippen LogP contribution < -0.4 is 0 Å². The molecular weight excluding hydrogens is 214 g/mol. The molecule has 0 amide bonds. The highest BCUT2D eigenvalue weighted by Crippen LogP contribution is 2.03. The predicted octanol–water partition coefficient (Wildman–Crippen LogP) is 2.22. The van der Waals surface area contributed by atoms with Crippen molar-refractivity contribution in [2.24, 2.45) is 0 Å². The van der Waals surface area contributed by atoms with E-state index in [9.17, 15) is 0 Å². The smallest absolute Gasteiger partial charge is 0.147 e. The molecule has 0 aliphatic carbocycles. The molecule has 1 heterocycles. The zero-order chi connectivity index (χ0) is 11.1. The lowest BCUT2D eigenvalue weighted by Crippen LogP contribution is -2.06. The lowest BCUT2D eigenvalue weighted by molar-refractivity contribution is 0.0754. The van der Waals surface area contributed by atoms with Gasteiger partial charge in [-0.15, -0.1) is 21.8 Å². The largest absolute Gasteiger partial charge is 0.379 e. The van der Waals surface area contributed by atoms with Gasteiger partial charge in [-0.2, -0.15) is 0 Å². The number of hydrogen-bond acceptors (Lipinski definition) is 3. The fourth-order valence-corrected chi connectivity index (χ4v) is 1.48. The molecule has 15 heavy (non-hydrogen) atoms. The summed E-state index contributed by atoms with van der Waals surface area (Å²) in [5, 5.41) is 7.73. The Hall–Kier alpha value is -0.610. The van der Waals surface area contributed by atoms with Gasteiger partial charge in [0.25, 0.3) is 0 Å². The fraction of sp³-hybridized carbons (Fsp3) is 0.800. The number of nitrogens with zero attached hydrogens (tertiary/aromatic N) is 3. The number of halogens is 1. The van der Waals surface area contributed by atoms with Gasteiger partial charge in [-0.1, -0.05) is 0 Å². The van der Waals surface area contributed by atoms with Crippen LogP contribution in [-0.4, -0.2) is 27.5 Å². The number of hydrogen-bond donors (Lipinski definition) is 0. The molecule has 1 aromatic rings. The standard InChI is InChI=1S/C10H18ClN3O/c1-9(2)15-6-4-3-5-14-8-12-13-10(14)7-11/h8-9H,3-7H2,1-2H3. The average Bonchev–Trinajstić information content (AvgIpc) is 2.64. The molecule has 0 radical (unpaired) electrons. The van der Waals surface area contributed by atoms with E-state index < -0.39 is 0 Å². The van der Waals surface area contributed by atoms with Crippen molar-refractivity contribution in [3.8, 4) is 0 Å². The topological polar surface area (TPSA) is 39.9 Å². The molecule has 0 saturated heterocycles. The van der Waals surface area contributed by atoms with Gasteiger partial charge in [-0.25, -0.2) is 0 Å². The van der Waals surface area contributed by atoms with Crippen LogP contribution in [-0.2, 0) is 17.2 Å². The Morgan fingerprint density at radius 2 is 2.27 bits per heavy atom. The summed E-state index contributed by atoms with van der Waals surface area (Å²) in [5.41, 5.74) is 0. The predicted molar refractivity (Wildman–Crippen MR) is 59.9 cm³/mol. The number of aromatic nitrogens is 3. The Labute approximate surface area is 95.6 Å². The summed E-state index contributed by atoms with van der Waals surface area (Å²) in [6, 6.07) is 0. The minimum Gasteiger partial charge on any atom is -0.379 e. The van der Waals surface area contributed by atoms with Crippen molar-refractivity contribution in [2.45, 2.75) is 45.2 Å². The van der Waals surface area contributed by atoms with Crippen molar-refractivity contribution in [3.05, 3.63) is 12.2 Å². The molecule has 5 heteroatoms. The lowest BCUT2D eigenvalue weighted by Gasteiger charge is -2.07. The third-order valence-corrected chi connectivity index (χ3v) is 2.30. The Bertz CT molecular complexity index is 275. The highest BCUT2D eigenvalue weighted by Gasteiger charge is 2.01. The molecule has 86 valence electrons. The summed E-state index contributed by atoms with van der Waals surface area (Å²) >= 11 is 5.71. The summed E-state index contributed by atoms with van der Waals surface area (Å²) in [6.07, 6.45) is 4.16. The molecular formula is C10H18ClN3O. The second-order valence-electron chi connectivity index (χ2n) is 3.70. The van der Waals surface area contributed by atoms with E-state index >= 15 is 0 Å². The molecule has 0 aromatic carbocycles. The van der Waals surface area contributed by atoms with E-state index in [4.69, 9.17) is 16.3 Å². The maximum absolute atomic E-state index is 5.71. The minimum absolute atomic E-state index is 0.318. The van der Waals surface area contributed by atoms with Gasteiger partial charge in [0.05, 0.1) is 12.0 Å². The quantitative estimate of drug-likeness (QED) is 0.534. The van der Waals surface area contributed by atoms with Crippen molar-refractivity contribution in [1.29, 1.82) is 0 Å². The first-order valence-electron chi connectivity index (χ1n) is 5.28. The highest BCUT2D eigenvalue weighted by atomic mass is 35.5. The third-order valence-electron chi connectivity index (χ3n) is 2.06. The van der Waals surface area contributed by atoms with Crippen molar-refractivity contribution in [1.82, 2.24) is 14.8 Å². The maximum atomic E-state index is 5.71. The first-order valence-corrected chi connectivity index (χ1v) is 5.81. The molecule has 0 aliphatic heterocycles. The molecule has 0 fully saturated rings. The minimum atomic E-state index is 0.318. The van der Waals surface area contributed by atoms with Crippen molar-refractivity contribution in [3.63, 3.8) is 0 Å². The first-order chi connectivity index (χ1) is 7.24. The summed E-state index contributed by atoms with van der Waals surface area (Å²) < 4.78 is 7.44. The Balaban J connectivity index is 2.15. The molecule has 1 aromatic heterocycles. The van der Waals surface area contributed by atoms with Crippen molar-refractivity contribution >= 4 is 11.6 Å². The molecule has 0 bridgehead atoms. The van der Waals surface area contributed by atoms with Crippen LogP contribution in [0, 0.1) is 0 Å². The molecule has 0 atom stereocenters. The van der Waals surface area contributed by atoms with E-state index in [1.165, 1.54) is 0 Å². The van der Waals surface area contributed by atoms with E-state index in [1.54, 1.807) is 6.33 Å². The van der Waals surface area contributed by atoms with Gasteiger partial charge in [-0.3, -0.25) is 0 Å². The Morgan fingerprint density at radius 1 is 1.47 bits per heavy atom. The molecule has 0 saturated carbocycles. The SMILES string of the molecule is CC(C)OCCCCn1cnnc1CCl. The van der Waals surface area contributed by atoms with Crippen LogP contribution in [0.1, 0.15) is 32.5 Å². The molecule has 0 aliphatic rings. The average molecular weight is 232 g/mol. The maximum Gasteiger partial charge on any atom is 0.147 e. The van der Waals surface area contributed by atoms with E-state index in [0.717, 1.165) is 31.8 Å². The van der Waals surface area contributed by atoms with Crippen LogP contribution in [0.5, 0.6) is 0 Å². The second-order valence-corrected chi connectivity index (χ2v) is 3.97. The van der Waals surface area contributed by atoms with E-state index in [2.05, 4.69) is 10.2 Å². The molecule has 4 nitrogen and oxygen atoms in total. The van der Waals surface area contributed by atoms with E-state index in [0.29, 0.717) is 12.0 Å². The Kier molecular flexibility index (Phi) is 5.65. The summed E-state index contributed by atoms with van der Waals surface area (Å²) in [5.74, 6) is 1.25. The summed E-state index contributed by atoms with van der Waals surface area (Å²) in [6.45, 7) is 5.82. The van der Waals surface area contributed by atoms with Crippen LogP contribution in [0.3, 0.4) is 0 Å². The molecule has 0 spiro atoms. The van der Waals surface area contributed by atoms with Gasteiger partial charge in [0.15, 0.2) is 0 Å². The van der Waals surface area contributed by atoms with Gasteiger partial charge in [0.1, 0.15) is 12.2 Å². The number of rotatable bonds is 7. The Morgan fingerprint density at radius 3 is 2.93 bits per heavy atom. The first kappa shape index (κ1) is 12.5. The van der Waals surface area contributed by atoms with Crippen molar-refractivity contribution < 1.29 is 4.74 Å². The summed E-state index contributed by atoms with van der Waals surface area (Å²) in [7, 11) is 0. The van der Waals surface area contributed by atoms with Gasteiger partial charge in [0, 0.05) is 13.2 Å². The van der Waals surface area contributed by atoms with Crippen LogP contribution >= 0.6 is 11.6 Å². The van der Waals surface area contributed by atoms with Gasteiger partial charge in [0.2, 0.25) is 0 Å². The highest BCUT2D eigenvalue weighted by molar-refractivity contribution is 6.16. The second kappa shape index (κ2) is 6.80. The molecule has 0 N–H and O–H groups in total. The van der Waals surface area contributed by atoms with Gasteiger partial charge in [-0.05, 0) is 26.7 Å². The van der Waals surface area contributed by atoms with Gasteiger partial charge < -0.3 is 9.30 Å².